The number of pyridine rings is 1. The molecular formula is C13H15ClN6O. The number of aromatic nitrogens is 4. The second kappa shape index (κ2) is 5.69. The number of anilines is 1. The third kappa shape index (κ3) is 2.82. The minimum absolute atomic E-state index is 0.0762. The molecule has 0 aromatic carbocycles. The molecule has 0 fully saturated rings. The van der Waals surface area contributed by atoms with Gasteiger partial charge in [-0.1, -0.05) is 11.6 Å². The van der Waals surface area contributed by atoms with Gasteiger partial charge in [0.15, 0.2) is 5.82 Å². The maximum absolute atomic E-state index is 12.6. The van der Waals surface area contributed by atoms with Gasteiger partial charge in [-0.05, 0) is 19.1 Å². The van der Waals surface area contributed by atoms with E-state index < -0.39 is 0 Å². The summed E-state index contributed by atoms with van der Waals surface area (Å²) in [4.78, 5) is 18.5. The Bertz CT molecular complexity index is 670. The Morgan fingerprint density at radius 2 is 2.29 bits per heavy atom. The van der Waals surface area contributed by atoms with Gasteiger partial charge < -0.3 is 14.8 Å². The van der Waals surface area contributed by atoms with Crippen LogP contribution < -0.4 is 5.32 Å². The standard InChI is InChI=1S/C13H15ClN6O/c1-2-15-11-6-9(5-10(14)17-11)13(21)19-3-4-20-8-16-18-12(20)7-19/h5-6,8H,2-4,7H2,1H3,(H,15,17). The van der Waals surface area contributed by atoms with Crippen LogP contribution in [0.4, 0.5) is 5.82 Å². The Balaban J connectivity index is 1.82. The Kier molecular flexibility index (Phi) is 3.74. The summed E-state index contributed by atoms with van der Waals surface area (Å²) >= 11 is 5.98. The van der Waals surface area contributed by atoms with Crippen molar-refractivity contribution >= 4 is 23.3 Å². The normalized spacial score (nSPS) is 13.9. The van der Waals surface area contributed by atoms with Crippen LogP contribution in [0.1, 0.15) is 23.1 Å². The van der Waals surface area contributed by atoms with Crippen molar-refractivity contribution in [3.05, 3.63) is 35.0 Å². The molecule has 7 nitrogen and oxygen atoms in total. The van der Waals surface area contributed by atoms with Crippen LogP contribution in [0.2, 0.25) is 5.15 Å². The summed E-state index contributed by atoms with van der Waals surface area (Å²) < 4.78 is 1.95. The van der Waals surface area contributed by atoms with E-state index in [0.29, 0.717) is 42.7 Å². The highest BCUT2D eigenvalue weighted by Gasteiger charge is 2.23. The van der Waals surface area contributed by atoms with Crippen LogP contribution in [0.25, 0.3) is 0 Å². The maximum Gasteiger partial charge on any atom is 0.254 e. The zero-order valence-electron chi connectivity index (χ0n) is 11.6. The number of halogens is 1. The molecule has 0 saturated heterocycles. The Labute approximate surface area is 126 Å². The lowest BCUT2D eigenvalue weighted by atomic mass is 10.2. The zero-order chi connectivity index (χ0) is 14.8. The molecule has 1 amide bonds. The lowest BCUT2D eigenvalue weighted by Gasteiger charge is -2.27. The van der Waals surface area contributed by atoms with Crippen molar-refractivity contribution in [2.24, 2.45) is 0 Å². The first-order valence-corrected chi connectivity index (χ1v) is 7.12. The summed E-state index contributed by atoms with van der Waals surface area (Å²) in [5, 5.41) is 11.2. The number of carbonyl (C=O) groups is 1. The predicted octanol–water partition coefficient (Wildman–Crippen LogP) is 1.41. The summed E-state index contributed by atoms with van der Waals surface area (Å²) in [6.07, 6.45) is 1.68. The van der Waals surface area contributed by atoms with Gasteiger partial charge in [0.2, 0.25) is 0 Å². The summed E-state index contributed by atoms with van der Waals surface area (Å²) in [5.41, 5.74) is 0.527. The zero-order valence-corrected chi connectivity index (χ0v) is 12.3. The molecule has 21 heavy (non-hydrogen) atoms. The molecule has 0 unspecified atom stereocenters. The molecule has 110 valence electrons. The van der Waals surface area contributed by atoms with Crippen molar-refractivity contribution < 1.29 is 4.79 Å². The third-order valence-electron chi connectivity index (χ3n) is 3.32. The third-order valence-corrected chi connectivity index (χ3v) is 3.52. The monoisotopic (exact) mass is 306 g/mol. The van der Waals surface area contributed by atoms with E-state index in [1.807, 2.05) is 11.5 Å². The molecule has 0 atom stereocenters. The number of fused-ring (bicyclic) bond motifs is 1. The molecule has 1 aliphatic rings. The second-order valence-electron chi connectivity index (χ2n) is 4.76. The number of nitrogens with one attached hydrogen (secondary N) is 1. The minimum Gasteiger partial charge on any atom is -0.370 e. The van der Waals surface area contributed by atoms with Crippen LogP contribution in [-0.2, 0) is 13.1 Å². The molecule has 2 aromatic rings. The number of nitrogens with zero attached hydrogens (tertiary/aromatic N) is 5. The van der Waals surface area contributed by atoms with Gasteiger partial charge in [-0.15, -0.1) is 10.2 Å². The highest BCUT2D eigenvalue weighted by atomic mass is 35.5. The topological polar surface area (TPSA) is 75.9 Å². The van der Waals surface area contributed by atoms with Crippen molar-refractivity contribution in [3.63, 3.8) is 0 Å². The second-order valence-corrected chi connectivity index (χ2v) is 5.15. The van der Waals surface area contributed by atoms with Crippen LogP contribution in [0.3, 0.4) is 0 Å². The van der Waals surface area contributed by atoms with Crippen molar-refractivity contribution in [1.82, 2.24) is 24.6 Å². The van der Waals surface area contributed by atoms with Crippen LogP contribution in [0, 0.1) is 0 Å². The fourth-order valence-corrected chi connectivity index (χ4v) is 2.52. The van der Waals surface area contributed by atoms with E-state index in [2.05, 4.69) is 20.5 Å². The van der Waals surface area contributed by atoms with Gasteiger partial charge in [0.05, 0.1) is 6.54 Å². The first-order valence-electron chi connectivity index (χ1n) is 6.75. The van der Waals surface area contributed by atoms with Crippen molar-refractivity contribution in [2.45, 2.75) is 20.0 Å². The number of rotatable bonds is 3. The molecule has 0 spiro atoms. The molecule has 1 N–H and O–H groups in total. The lowest BCUT2D eigenvalue weighted by Crippen LogP contribution is -2.38. The number of amides is 1. The summed E-state index contributed by atoms with van der Waals surface area (Å²) in [6.45, 7) is 4.46. The molecule has 0 saturated carbocycles. The quantitative estimate of drug-likeness (QED) is 0.868. The van der Waals surface area contributed by atoms with Gasteiger partial charge in [-0.25, -0.2) is 4.98 Å². The molecule has 2 aromatic heterocycles. The Morgan fingerprint density at radius 1 is 1.43 bits per heavy atom. The van der Waals surface area contributed by atoms with Gasteiger partial charge in [0, 0.05) is 25.2 Å². The van der Waals surface area contributed by atoms with E-state index in [1.54, 1.807) is 23.4 Å². The summed E-state index contributed by atoms with van der Waals surface area (Å²) in [7, 11) is 0. The van der Waals surface area contributed by atoms with Gasteiger partial charge in [-0.2, -0.15) is 0 Å². The van der Waals surface area contributed by atoms with Gasteiger partial charge in [0.1, 0.15) is 17.3 Å². The summed E-state index contributed by atoms with van der Waals surface area (Å²) in [5.74, 6) is 1.32. The van der Waals surface area contributed by atoms with E-state index >= 15 is 0 Å². The van der Waals surface area contributed by atoms with E-state index in [1.165, 1.54) is 0 Å². The van der Waals surface area contributed by atoms with E-state index in [9.17, 15) is 4.79 Å². The van der Waals surface area contributed by atoms with Crippen molar-refractivity contribution in [2.75, 3.05) is 18.4 Å². The van der Waals surface area contributed by atoms with Gasteiger partial charge in [-0.3, -0.25) is 4.79 Å². The number of hydrogen-bond acceptors (Lipinski definition) is 5. The van der Waals surface area contributed by atoms with E-state index in [-0.39, 0.29) is 5.91 Å². The SMILES string of the molecule is CCNc1cc(C(=O)N2CCn3cnnc3C2)cc(Cl)n1. The van der Waals surface area contributed by atoms with Gasteiger partial charge >= 0.3 is 0 Å². The largest absolute Gasteiger partial charge is 0.370 e. The number of carbonyl (C=O) groups excluding carboxylic acids is 1. The molecule has 0 radical (unpaired) electrons. The van der Waals surface area contributed by atoms with Crippen LogP contribution in [-0.4, -0.2) is 43.6 Å². The fourth-order valence-electron chi connectivity index (χ4n) is 2.31. The fraction of sp³-hybridized carbons (Fsp3) is 0.385. The minimum atomic E-state index is -0.0762. The molecule has 3 rings (SSSR count). The Morgan fingerprint density at radius 3 is 3.10 bits per heavy atom. The molecule has 3 heterocycles. The van der Waals surface area contributed by atoms with Crippen LogP contribution in [0.15, 0.2) is 18.5 Å². The highest BCUT2D eigenvalue weighted by Crippen LogP contribution is 2.18. The maximum atomic E-state index is 12.6. The average Bonchev–Trinajstić information content (AvgIpc) is 2.93. The van der Waals surface area contributed by atoms with Gasteiger partial charge in [0.25, 0.3) is 5.91 Å². The van der Waals surface area contributed by atoms with E-state index in [4.69, 9.17) is 11.6 Å². The predicted molar refractivity (Wildman–Crippen MR) is 78.2 cm³/mol. The highest BCUT2D eigenvalue weighted by molar-refractivity contribution is 6.29. The molecule has 1 aliphatic heterocycles. The number of hydrogen-bond donors (Lipinski definition) is 1. The average molecular weight is 307 g/mol. The molecular weight excluding hydrogens is 292 g/mol. The van der Waals surface area contributed by atoms with Crippen LogP contribution in [0.5, 0.6) is 0 Å². The Hall–Kier alpha value is -2.15. The first kappa shape index (κ1) is 13.8. The van der Waals surface area contributed by atoms with E-state index in [0.717, 1.165) is 5.82 Å². The smallest absolute Gasteiger partial charge is 0.254 e. The lowest BCUT2D eigenvalue weighted by molar-refractivity contribution is 0.0707. The van der Waals surface area contributed by atoms with Crippen molar-refractivity contribution in [3.8, 4) is 0 Å². The molecule has 8 heteroatoms. The van der Waals surface area contributed by atoms with Crippen LogP contribution >= 0.6 is 11.6 Å². The first-order chi connectivity index (χ1) is 10.2. The summed E-state index contributed by atoms with van der Waals surface area (Å²) in [6, 6.07) is 3.31. The molecule has 0 bridgehead atoms. The van der Waals surface area contributed by atoms with Crippen molar-refractivity contribution in [1.29, 1.82) is 0 Å². The molecule has 0 aliphatic carbocycles.